The van der Waals surface area contributed by atoms with E-state index in [1.807, 2.05) is 18.2 Å². The number of pyridine rings is 2. The molecule has 1 aliphatic carbocycles. The summed E-state index contributed by atoms with van der Waals surface area (Å²) in [5.74, 6) is 0.418. The molecule has 22 heavy (non-hydrogen) atoms. The van der Waals surface area contributed by atoms with Gasteiger partial charge in [-0.25, -0.2) is 0 Å². The minimum atomic E-state index is 0.0428. The quantitative estimate of drug-likeness (QED) is 0.787. The van der Waals surface area contributed by atoms with Gasteiger partial charge < -0.3 is 5.32 Å². The molecule has 3 aromatic rings. The summed E-state index contributed by atoms with van der Waals surface area (Å²) >= 11 is 7.60. The Labute approximate surface area is 136 Å². The van der Waals surface area contributed by atoms with Gasteiger partial charge in [-0.3, -0.25) is 14.8 Å². The Morgan fingerprint density at radius 2 is 2.09 bits per heavy atom. The third-order valence-electron chi connectivity index (χ3n) is 3.91. The average Bonchev–Trinajstić information content (AvgIpc) is 3.23. The van der Waals surface area contributed by atoms with Crippen molar-refractivity contribution < 1.29 is 4.79 Å². The molecule has 0 bridgehead atoms. The number of carbonyl (C=O) groups excluding carboxylic acids is 1. The molecule has 1 fully saturated rings. The lowest BCUT2D eigenvalue weighted by Gasteiger charge is -2.01. The van der Waals surface area contributed by atoms with Gasteiger partial charge in [0.2, 0.25) is 5.91 Å². The van der Waals surface area contributed by atoms with E-state index in [1.165, 1.54) is 16.9 Å². The molecule has 3 heterocycles. The largest absolute Gasteiger partial charge is 0.317 e. The van der Waals surface area contributed by atoms with Crippen molar-refractivity contribution in [1.29, 1.82) is 0 Å². The number of fused-ring (bicyclic) bond motifs is 1. The number of carbonyl (C=O) groups is 1. The fourth-order valence-electron chi connectivity index (χ4n) is 2.67. The summed E-state index contributed by atoms with van der Waals surface area (Å²) in [6, 6.07) is 5.86. The van der Waals surface area contributed by atoms with Gasteiger partial charge in [-0.1, -0.05) is 11.6 Å². The van der Waals surface area contributed by atoms with E-state index >= 15 is 0 Å². The van der Waals surface area contributed by atoms with Crippen molar-refractivity contribution in [3.8, 4) is 0 Å². The van der Waals surface area contributed by atoms with E-state index in [-0.39, 0.29) is 11.8 Å². The molecule has 1 N–H and O–H groups in total. The van der Waals surface area contributed by atoms with Crippen LogP contribution in [0, 0.1) is 5.92 Å². The first-order valence-corrected chi connectivity index (χ1v) is 8.15. The second-order valence-electron chi connectivity index (χ2n) is 5.36. The molecule has 0 unspecified atom stereocenters. The molecule has 6 heteroatoms. The van der Waals surface area contributed by atoms with Gasteiger partial charge in [0.05, 0.1) is 14.7 Å². The predicted octanol–water partition coefficient (Wildman–Crippen LogP) is 4.09. The van der Waals surface area contributed by atoms with Crippen LogP contribution < -0.4 is 5.32 Å². The first-order valence-electron chi connectivity index (χ1n) is 6.96. The summed E-state index contributed by atoms with van der Waals surface area (Å²) in [6.45, 7) is 0. The van der Waals surface area contributed by atoms with Crippen molar-refractivity contribution >= 4 is 43.9 Å². The maximum Gasteiger partial charge on any atom is 0.228 e. The van der Waals surface area contributed by atoms with Crippen molar-refractivity contribution in [3.63, 3.8) is 0 Å². The van der Waals surface area contributed by atoms with Crippen LogP contribution in [0.25, 0.3) is 10.1 Å². The van der Waals surface area contributed by atoms with Gasteiger partial charge >= 0.3 is 0 Å². The van der Waals surface area contributed by atoms with Crippen molar-refractivity contribution in [2.75, 3.05) is 5.32 Å². The van der Waals surface area contributed by atoms with E-state index in [2.05, 4.69) is 15.3 Å². The Bertz CT molecular complexity index is 849. The molecule has 2 atom stereocenters. The smallest absolute Gasteiger partial charge is 0.228 e. The molecule has 4 rings (SSSR count). The standard InChI is InChI=1S/C16H12ClN3OS/c17-13-7-19-8-14-12(13)6-15(22-14)20-16(21)11-5-10(11)9-1-3-18-4-2-9/h1-4,6-8,10-11H,5H2,(H,20,21)/t10-,11+/m0/s1. The van der Waals surface area contributed by atoms with Gasteiger partial charge in [-0.15, -0.1) is 11.3 Å². The number of rotatable bonds is 3. The maximum absolute atomic E-state index is 12.4. The minimum Gasteiger partial charge on any atom is -0.317 e. The lowest BCUT2D eigenvalue weighted by molar-refractivity contribution is -0.117. The molecular weight excluding hydrogens is 318 g/mol. The third kappa shape index (κ3) is 2.46. The third-order valence-corrected chi connectivity index (χ3v) is 5.19. The van der Waals surface area contributed by atoms with Crippen LogP contribution in [0.5, 0.6) is 0 Å². The van der Waals surface area contributed by atoms with Crippen LogP contribution in [-0.2, 0) is 4.79 Å². The highest BCUT2D eigenvalue weighted by molar-refractivity contribution is 7.23. The molecule has 3 aromatic heterocycles. The highest BCUT2D eigenvalue weighted by Crippen LogP contribution is 2.48. The van der Waals surface area contributed by atoms with E-state index in [4.69, 9.17) is 11.6 Å². The molecule has 0 saturated heterocycles. The number of hydrogen-bond donors (Lipinski definition) is 1. The minimum absolute atomic E-state index is 0.0428. The molecular formula is C16H12ClN3OS. The monoisotopic (exact) mass is 329 g/mol. The molecule has 1 amide bonds. The summed E-state index contributed by atoms with van der Waals surface area (Å²) in [4.78, 5) is 20.4. The van der Waals surface area contributed by atoms with E-state index in [1.54, 1.807) is 24.8 Å². The predicted molar refractivity (Wildman–Crippen MR) is 88.3 cm³/mol. The van der Waals surface area contributed by atoms with Gasteiger partial charge in [0, 0.05) is 36.1 Å². The number of hydrogen-bond acceptors (Lipinski definition) is 4. The van der Waals surface area contributed by atoms with Crippen molar-refractivity contribution in [2.45, 2.75) is 12.3 Å². The fraction of sp³-hybridized carbons (Fsp3) is 0.188. The number of anilines is 1. The van der Waals surface area contributed by atoms with Crippen LogP contribution in [0.15, 0.2) is 43.0 Å². The molecule has 1 aliphatic rings. The maximum atomic E-state index is 12.4. The van der Waals surface area contributed by atoms with Gasteiger partial charge in [-0.05, 0) is 36.1 Å². The van der Waals surface area contributed by atoms with Gasteiger partial charge in [0.25, 0.3) is 0 Å². The molecule has 110 valence electrons. The summed E-state index contributed by atoms with van der Waals surface area (Å²) in [5, 5.41) is 5.35. The topological polar surface area (TPSA) is 54.9 Å². The van der Waals surface area contributed by atoms with E-state index in [0.717, 1.165) is 21.5 Å². The average molecular weight is 330 g/mol. The van der Waals surface area contributed by atoms with Crippen LogP contribution in [0.1, 0.15) is 17.9 Å². The fourth-order valence-corrected chi connectivity index (χ4v) is 3.89. The number of nitrogens with one attached hydrogen (secondary N) is 1. The van der Waals surface area contributed by atoms with Crippen LogP contribution >= 0.6 is 22.9 Å². The van der Waals surface area contributed by atoms with E-state index in [0.29, 0.717) is 10.9 Å². The summed E-state index contributed by atoms with van der Waals surface area (Å²) in [6.07, 6.45) is 7.80. The second-order valence-corrected chi connectivity index (χ2v) is 6.85. The Kier molecular flexibility index (Phi) is 3.32. The first kappa shape index (κ1) is 13.7. The van der Waals surface area contributed by atoms with Gasteiger partial charge in [0.15, 0.2) is 0 Å². The lowest BCUT2D eigenvalue weighted by Crippen LogP contribution is -2.13. The number of amides is 1. The normalized spacial score (nSPS) is 20.0. The Hall–Kier alpha value is -1.98. The zero-order valence-electron chi connectivity index (χ0n) is 11.5. The molecule has 0 radical (unpaired) electrons. The highest BCUT2D eigenvalue weighted by atomic mass is 35.5. The van der Waals surface area contributed by atoms with Crippen LogP contribution in [-0.4, -0.2) is 15.9 Å². The first-order chi connectivity index (χ1) is 10.7. The van der Waals surface area contributed by atoms with E-state index in [9.17, 15) is 4.79 Å². The zero-order valence-corrected chi connectivity index (χ0v) is 13.1. The number of nitrogens with zero attached hydrogens (tertiary/aromatic N) is 2. The van der Waals surface area contributed by atoms with Gasteiger partial charge in [-0.2, -0.15) is 0 Å². The van der Waals surface area contributed by atoms with Crippen molar-refractivity contribution in [3.05, 3.63) is 53.6 Å². The number of aromatic nitrogens is 2. The highest BCUT2D eigenvalue weighted by Gasteiger charge is 2.44. The molecule has 4 nitrogen and oxygen atoms in total. The van der Waals surface area contributed by atoms with Gasteiger partial charge in [0.1, 0.15) is 0 Å². The Morgan fingerprint density at radius 3 is 2.86 bits per heavy atom. The summed E-state index contributed by atoms with van der Waals surface area (Å²) < 4.78 is 0.976. The van der Waals surface area contributed by atoms with Crippen LogP contribution in [0.4, 0.5) is 5.00 Å². The number of thiophene rings is 1. The summed E-state index contributed by atoms with van der Waals surface area (Å²) in [5.41, 5.74) is 1.18. The molecule has 1 saturated carbocycles. The van der Waals surface area contributed by atoms with E-state index < -0.39 is 0 Å². The van der Waals surface area contributed by atoms with Crippen molar-refractivity contribution in [2.24, 2.45) is 5.92 Å². The number of halogens is 1. The Balaban J connectivity index is 1.49. The molecule has 0 spiro atoms. The SMILES string of the molecule is O=C(Nc1cc2c(Cl)cncc2s1)[C@@H]1C[C@H]1c1ccncc1. The lowest BCUT2D eigenvalue weighted by atomic mass is 10.1. The van der Waals surface area contributed by atoms with Crippen LogP contribution in [0.2, 0.25) is 5.02 Å². The Morgan fingerprint density at radius 1 is 1.27 bits per heavy atom. The second kappa shape index (κ2) is 5.34. The summed E-state index contributed by atoms with van der Waals surface area (Å²) in [7, 11) is 0. The molecule has 0 aliphatic heterocycles. The van der Waals surface area contributed by atoms with Crippen molar-refractivity contribution in [1.82, 2.24) is 9.97 Å². The molecule has 0 aromatic carbocycles. The van der Waals surface area contributed by atoms with Crippen LogP contribution in [0.3, 0.4) is 0 Å². The zero-order chi connectivity index (χ0) is 15.1.